The molecule has 0 aliphatic heterocycles. The average molecular weight is 519 g/mol. The number of hydrogen-bond acceptors (Lipinski definition) is 6. The molecule has 0 bridgehead atoms. The fourth-order valence-corrected chi connectivity index (χ4v) is 9.04. The van der Waals surface area contributed by atoms with Crippen molar-refractivity contribution in [2.45, 2.75) is 104 Å². The van der Waals surface area contributed by atoms with E-state index in [2.05, 4.69) is 40.3 Å². The van der Waals surface area contributed by atoms with Gasteiger partial charge in [0.05, 0.1) is 18.3 Å². The second kappa shape index (κ2) is 10.8. The van der Waals surface area contributed by atoms with Crippen molar-refractivity contribution in [3.8, 4) is 0 Å². The van der Waals surface area contributed by atoms with Crippen LogP contribution in [0.25, 0.3) is 0 Å². The standard InChI is InChI=1S/C27H44O6S.Na/c1-16(2)12-18(28)13-17(3)21-6-7-22-20-15-25(29)24-14-19(33-34(30,31)32)8-10-27(24,5)23(20)9-11-26(21,22)4;/h9,16,18-22,24-25,28-29H,3,6-8,10-15H2,1-2,4-5H3,(H,30,31,32);/q;+1/p-1/t18-,19-,20-,21+,22-,24+,25-,26+,27+;/m0./s1. The first-order valence-corrected chi connectivity index (χ1v) is 14.5. The van der Waals surface area contributed by atoms with Crippen molar-refractivity contribution in [1.29, 1.82) is 0 Å². The third kappa shape index (κ3) is 5.83. The van der Waals surface area contributed by atoms with Gasteiger partial charge in [0.25, 0.3) is 0 Å². The van der Waals surface area contributed by atoms with Crippen LogP contribution in [0.2, 0.25) is 0 Å². The van der Waals surface area contributed by atoms with Crippen molar-refractivity contribution in [2.75, 3.05) is 0 Å². The molecular formula is C27H43NaO6S. The van der Waals surface area contributed by atoms with E-state index in [1.807, 2.05) is 0 Å². The predicted octanol–water partition coefficient (Wildman–Crippen LogP) is 1.74. The molecule has 9 atom stereocenters. The Labute approximate surface area is 234 Å². The third-order valence-electron chi connectivity index (χ3n) is 9.98. The van der Waals surface area contributed by atoms with Gasteiger partial charge in [-0.3, -0.25) is 4.18 Å². The minimum absolute atomic E-state index is 0. The molecule has 4 aliphatic carbocycles. The first-order chi connectivity index (χ1) is 15.7. The van der Waals surface area contributed by atoms with Gasteiger partial charge in [-0.1, -0.05) is 51.5 Å². The maximum Gasteiger partial charge on any atom is 1.00 e. The molecule has 3 fully saturated rings. The summed E-state index contributed by atoms with van der Waals surface area (Å²) in [5.74, 6) is 1.53. The van der Waals surface area contributed by atoms with Crippen LogP contribution in [0.15, 0.2) is 23.8 Å². The summed E-state index contributed by atoms with van der Waals surface area (Å²) in [7, 11) is -4.74. The average Bonchev–Trinajstić information content (AvgIpc) is 3.05. The molecule has 6 nitrogen and oxygen atoms in total. The smallest absolute Gasteiger partial charge is 0.726 e. The number of fused-ring (bicyclic) bond motifs is 5. The Morgan fingerprint density at radius 1 is 1.23 bits per heavy atom. The molecule has 0 heterocycles. The van der Waals surface area contributed by atoms with E-state index in [-0.39, 0.29) is 52.4 Å². The Hall–Kier alpha value is 0.270. The minimum atomic E-state index is -4.74. The van der Waals surface area contributed by atoms with E-state index in [4.69, 9.17) is 4.18 Å². The van der Waals surface area contributed by atoms with Gasteiger partial charge in [0.1, 0.15) is 0 Å². The van der Waals surface area contributed by atoms with Crippen LogP contribution in [0.1, 0.15) is 85.5 Å². The Morgan fingerprint density at radius 2 is 1.91 bits per heavy atom. The molecule has 2 N–H and O–H groups in total. The van der Waals surface area contributed by atoms with E-state index < -0.39 is 22.6 Å². The molecule has 0 aromatic heterocycles. The van der Waals surface area contributed by atoms with Crippen LogP contribution in [0, 0.1) is 40.4 Å². The molecular weight excluding hydrogens is 475 g/mol. The summed E-state index contributed by atoms with van der Waals surface area (Å²) in [5, 5.41) is 21.8. The van der Waals surface area contributed by atoms with E-state index in [0.717, 1.165) is 32.1 Å². The van der Waals surface area contributed by atoms with Crippen LogP contribution in [0.4, 0.5) is 0 Å². The molecule has 194 valence electrons. The Morgan fingerprint density at radius 3 is 2.54 bits per heavy atom. The fraction of sp³-hybridized carbons (Fsp3) is 0.852. The molecule has 0 radical (unpaired) electrons. The van der Waals surface area contributed by atoms with Crippen LogP contribution in [-0.2, 0) is 14.6 Å². The van der Waals surface area contributed by atoms with E-state index in [0.29, 0.717) is 49.4 Å². The SMILES string of the molecule is C=C(C[C@@H](O)CC(C)C)[C@H]1CC[C@H]2[C@@H]3C[C@H](O)[C@H]4C[C@@H](OS(=O)(=O)[O-])CC[C@]4(C)C3=CC[C@]12C.[Na+]. The van der Waals surface area contributed by atoms with Crippen LogP contribution in [-0.4, -0.2) is 41.5 Å². The largest absolute Gasteiger partial charge is 1.00 e. The van der Waals surface area contributed by atoms with Crippen molar-refractivity contribution in [3.05, 3.63) is 23.8 Å². The van der Waals surface area contributed by atoms with Crippen LogP contribution in [0.3, 0.4) is 0 Å². The first kappa shape index (κ1) is 29.8. The van der Waals surface area contributed by atoms with E-state index in [1.54, 1.807) is 0 Å². The molecule has 3 saturated carbocycles. The zero-order chi connectivity index (χ0) is 25.1. The minimum Gasteiger partial charge on any atom is -0.726 e. The summed E-state index contributed by atoms with van der Waals surface area (Å²) < 4.78 is 38.2. The number of aliphatic hydroxyl groups excluding tert-OH is 2. The summed E-state index contributed by atoms with van der Waals surface area (Å²) in [6.07, 6.45) is 7.84. The van der Waals surface area contributed by atoms with Crippen molar-refractivity contribution >= 4 is 10.4 Å². The van der Waals surface area contributed by atoms with E-state index >= 15 is 0 Å². The van der Waals surface area contributed by atoms with Crippen LogP contribution < -0.4 is 29.6 Å². The number of allylic oxidation sites excluding steroid dienone is 2. The monoisotopic (exact) mass is 518 g/mol. The van der Waals surface area contributed by atoms with Gasteiger partial charge in [0.2, 0.25) is 10.4 Å². The number of rotatable bonds is 7. The van der Waals surface area contributed by atoms with Gasteiger partial charge in [0, 0.05) is 0 Å². The molecule has 0 unspecified atom stereocenters. The molecule has 8 heteroatoms. The van der Waals surface area contributed by atoms with Crippen molar-refractivity contribution in [3.63, 3.8) is 0 Å². The first-order valence-electron chi connectivity index (χ1n) is 13.1. The third-order valence-corrected chi connectivity index (χ3v) is 10.5. The van der Waals surface area contributed by atoms with Crippen molar-refractivity contribution < 1.29 is 56.9 Å². The van der Waals surface area contributed by atoms with Gasteiger partial charge < -0.3 is 14.8 Å². The second-order valence-corrected chi connectivity index (χ2v) is 13.6. The van der Waals surface area contributed by atoms with Crippen LogP contribution in [0.5, 0.6) is 0 Å². The summed E-state index contributed by atoms with van der Waals surface area (Å²) in [5.41, 5.74) is 2.49. The predicted molar refractivity (Wildman–Crippen MR) is 130 cm³/mol. The summed E-state index contributed by atoms with van der Waals surface area (Å²) in [6, 6.07) is 0. The van der Waals surface area contributed by atoms with Crippen molar-refractivity contribution in [1.82, 2.24) is 0 Å². The van der Waals surface area contributed by atoms with Crippen LogP contribution >= 0.6 is 0 Å². The Balaban J connectivity index is 0.00000342. The normalized spacial score (nSPS) is 41.8. The second-order valence-electron chi connectivity index (χ2n) is 12.6. The molecule has 4 rings (SSSR count). The maximum absolute atomic E-state index is 11.2. The van der Waals surface area contributed by atoms with E-state index in [9.17, 15) is 23.2 Å². The number of aliphatic hydroxyl groups is 2. The van der Waals surface area contributed by atoms with E-state index in [1.165, 1.54) is 11.1 Å². The topological polar surface area (TPSA) is 107 Å². The van der Waals surface area contributed by atoms with Crippen molar-refractivity contribution in [2.24, 2.45) is 40.4 Å². The van der Waals surface area contributed by atoms with Gasteiger partial charge in [-0.2, -0.15) is 0 Å². The molecule has 35 heavy (non-hydrogen) atoms. The quantitative estimate of drug-likeness (QED) is 0.230. The van der Waals surface area contributed by atoms with Gasteiger partial charge in [0.15, 0.2) is 0 Å². The summed E-state index contributed by atoms with van der Waals surface area (Å²) in [4.78, 5) is 0. The molecule has 0 aromatic carbocycles. The molecule has 0 spiro atoms. The van der Waals surface area contributed by atoms with Gasteiger partial charge in [-0.05, 0) is 98.2 Å². The fourth-order valence-electron chi connectivity index (χ4n) is 8.53. The zero-order valence-electron chi connectivity index (χ0n) is 22.2. The van der Waals surface area contributed by atoms with Gasteiger partial charge in [-0.15, -0.1) is 0 Å². The molecule has 0 aromatic rings. The Bertz CT molecular complexity index is 932. The molecule has 0 amide bonds. The molecule has 0 saturated heterocycles. The Kier molecular flexibility index (Phi) is 9.20. The van der Waals surface area contributed by atoms with Gasteiger partial charge >= 0.3 is 29.6 Å². The number of hydrogen-bond donors (Lipinski definition) is 2. The summed E-state index contributed by atoms with van der Waals surface area (Å²) >= 11 is 0. The summed E-state index contributed by atoms with van der Waals surface area (Å²) in [6.45, 7) is 13.3. The zero-order valence-corrected chi connectivity index (χ0v) is 25.0. The maximum atomic E-state index is 11.2. The van der Waals surface area contributed by atoms with Gasteiger partial charge in [-0.25, -0.2) is 8.42 Å². The molecule has 4 aliphatic rings.